The molecule has 0 saturated carbocycles. The van der Waals surface area contributed by atoms with Crippen LogP contribution in [0.4, 0.5) is 5.69 Å². The first-order chi connectivity index (χ1) is 27.2. The number of hydrogen-bond donors (Lipinski definition) is 0. The van der Waals surface area contributed by atoms with Gasteiger partial charge in [-0.05, 0) is 78.4 Å². The van der Waals surface area contributed by atoms with E-state index in [0.717, 1.165) is 61.0 Å². The van der Waals surface area contributed by atoms with Gasteiger partial charge in [0.25, 0.3) is 0 Å². The van der Waals surface area contributed by atoms with Crippen molar-refractivity contribution >= 4 is 71.1 Å². The Labute approximate surface area is 316 Å². The first-order valence-corrected chi connectivity index (χ1v) is 18.3. The maximum atomic E-state index is 10.3. The van der Waals surface area contributed by atoms with Gasteiger partial charge in [-0.2, -0.15) is 5.26 Å². The van der Waals surface area contributed by atoms with Crippen molar-refractivity contribution in [1.82, 2.24) is 13.7 Å². The first-order valence-electron chi connectivity index (χ1n) is 18.3. The van der Waals surface area contributed by atoms with E-state index in [1.807, 2.05) is 42.5 Å². The van der Waals surface area contributed by atoms with Gasteiger partial charge in [0.1, 0.15) is 0 Å². The lowest BCUT2D eigenvalue weighted by Crippen LogP contribution is -1.98. The van der Waals surface area contributed by atoms with Gasteiger partial charge in [-0.25, -0.2) is 4.85 Å². The lowest BCUT2D eigenvalue weighted by Gasteiger charge is -2.14. The van der Waals surface area contributed by atoms with Crippen LogP contribution in [0.25, 0.3) is 98.5 Å². The molecule has 0 N–H and O–H groups in total. The summed E-state index contributed by atoms with van der Waals surface area (Å²) < 4.78 is 6.91. The molecule has 0 fully saturated rings. The third-order valence-corrected chi connectivity index (χ3v) is 11.1. The summed E-state index contributed by atoms with van der Waals surface area (Å²) in [6.45, 7) is 7.66. The highest BCUT2D eigenvalue weighted by Gasteiger charge is 2.18. The van der Waals surface area contributed by atoms with Gasteiger partial charge in [0.05, 0.1) is 45.8 Å². The molecule has 0 aliphatic carbocycles. The smallest absolute Gasteiger partial charge is 0.189 e. The Morgan fingerprint density at radius 2 is 0.818 bits per heavy atom. The minimum absolute atomic E-state index is 0.591. The van der Waals surface area contributed by atoms with Crippen LogP contribution in [-0.4, -0.2) is 13.7 Å². The standard InChI is InChI=1S/C50H29N5/c1-52-34-21-26-42-40-12-5-9-17-48(40)55(49(42)28-34)36-24-20-33(31-51)44(29-36)32-18-22-35(23-19-32)53-45-14-6-4-13-41(45)43-27-25-37(30-50(43)53)54-46-15-7-2-10-38(46)39-11-3-8-16-47(39)54/h2-30H. The van der Waals surface area contributed by atoms with Crippen LogP contribution >= 0.6 is 0 Å². The minimum Gasteiger partial charge on any atom is -0.310 e. The summed E-state index contributed by atoms with van der Waals surface area (Å²) in [5.74, 6) is 0. The predicted octanol–water partition coefficient (Wildman–Crippen LogP) is 13.1. The van der Waals surface area contributed by atoms with E-state index in [4.69, 9.17) is 6.57 Å². The van der Waals surface area contributed by atoms with Crippen molar-refractivity contribution in [1.29, 1.82) is 5.26 Å². The Morgan fingerprint density at radius 1 is 0.400 bits per heavy atom. The van der Waals surface area contributed by atoms with Crippen LogP contribution in [0, 0.1) is 17.9 Å². The van der Waals surface area contributed by atoms with Gasteiger partial charge < -0.3 is 13.7 Å². The minimum atomic E-state index is 0.591. The first kappa shape index (κ1) is 30.7. The molecule has 11 aromatic rings. The van der Waals surface area contributed by atoms with Crippen LogP contribution in [0.5, 0.6) is 0 Å². The molecule has 0 atom stereocenters. The Bertz CT molecular complexity index is 3400. The van der Waals surface area contributed by atoms with Gasteiger partial charge in [0.2, 0.25) is 0 Å². The van der Waals surface area contributed by atoms with E-state index in [-0.39, 0.29) is 0 Å². The van der Waals surface area contributed by atoms with Crippen LogP contribution in [0.15, 0.2) is 176 Å². The fourth-order valence-corrected chi connectivity index (χ4v) is 8.68. The van der Waals surface area contributed by atoms with Crippen LogP contribution in [0.1, 0.15) is 5.56 Å². The van der Waals surface area contributed by atoms with Crippen LogP contribution in [-0.2, 0) is 0 Å². The van der Waals surface area contributed by atoms with E-state index in [1.54, 1.807) is 0 Å². The molecule has 11 rings (SSSR count). The highest BCUT2D eigenvalue weighted by Crippen LogP contribution is 2.39. The molecule has 3 aromatic heterocycles. The van der Waals surface area contributed by atoms with Gasteiger partial charge in [-0.3, -0.25) is 0 Å². The van der Waals surface area contributed by atoms with E-state index < -0.39 is 0 Å². The van der Waals surface area contributed by atoms with Crippen molar-refractivity contribution in [2.45, 2.75) is 0 Å². The molecule has 254 valence electrons. The second-order valence-electron chi connectivity index (χ2n) is 14.0. The summed E-state index contributed by atoms with van der Waals surface area (Å²) in [7, 11) is 0. The summed E-state index contributed by atoms with van der Waals surface area (Å²) in [6.07, 6.45) is 0. The number of rotatable bonds is 4. The predicted molar refractivity (Wildman–Crippen MR) is 226 cm³/mol. The van der Waals surface area contributed by atoms with Gasteiger partial charge in [-0.1, -0.05) is 103 Å². The Kier molecular flexibility index (Phi) is 6.61. The summed E-state index contributed by atoms with van der Waals surface area (Å²) in [6, 6.07) is 63.8. The van der Waals surface area contributed by atoms with E-state index in [2.05, 4.69) is 158 Å². The van der Waals surface area contributed by atoms with Gasteiger partial charge in [-0.15, -0.1) is 0 Å². The molecular weight excluding hydrogens is 671 g/mol. The van der Waals surface area contributed by atoms with E-state index in [1.165, 1.54) is 32.6 Å². The quantitative estimate of drug-likeness (QED) is 0.169. The summed E-state index contributed by atoms with van der Waals surface area (Å²) in [4.78, 5) is 3.72. The van der Waals surface area contributed by atoms with Gasteiger partial charge >= 0.3 is 0 Å². The number of hydrogen-bond acceptors (Lipinski definition) is 1. The number of para-hydroxylation sites is 4. The summed E-state index contributed by atoms with van der Waals surface area (Å²) in [5, 5.41) is 17.4. The van der Waals surface area contributed by atoms with Crippen molar-refractivity contribution < 1.29 is 0 Å². The number of benzene rings is 8. The molecule has 0 spiro atoms. The third kappa shape index (κ3) is 4.51. The van der Waals surface area contributed by atoms with Crippen LogP contribution in [0.3, 0.4) is 0 Å². The molecule has 0 amide bonds. The molecule has 0 saturated heterocycles. The van der Waals surface area contributed by atoms with Crippen molar-refractivity contribution in [3.8, 4) is 34.3 Å². The normalized spacial score (nSPS) is 11.6. The molecule has 0 aliphatic rings. The molecule has 0 aliphatic heterocycles. The Balaban J connectivity index is 1.07. The molecule has 5 heteroatoms. The Hall–Kier alpha value is -7.86. The number of fused-ring (bicyclic) bond motifs is 9. The van der Waals surface area contributed by atoms with Gasteiger partial charge in [0.15, 0.2) is 5.69 Å². The lowest BCUT2D eigenvalue weighted by molar-refractivity contribution is 1.15. The molecule has 5 nitrogen and oxygen atoms in total. The maximum absolute atomic E-state index is 10.3. The molecule has 8 aromatic carbocycles. The average Bonchev–Trinajstić information content (AvgIpc) is 3.88. The zero-order valence-electron chi connectivity index (χ0n) is 29.5. The monoisotopic (exact) mass is 699 g/mol. The Morgan fingerprint density at radius 3 is 1.36 bits per heavy atom. The van der Waals surface area contributed by atoms with E-state index in [0.29, 0.717) is 11.3 Å². The van der Waals surface area contributed by atoms with Crippen molar-refractivity contribution in [2.75, 3.05) is 0 Å². The fourth-order valence-electron chi connectivity index (χ4n) is 8.68. The molecular formula is C50H29N5. The largest absolute Gasteiger partial charge is 0.310 e. The molecule has 0 radical (unpaired) electrons. The van der Waals surface area contributed by atoms with Crippen molar-refractivity contribution in [3.05, 3.63) is 193 Å². The second kappa shape index (κ2) is 11.8. The second-order valence-corrected chi connectivity index (χ2v) is 14.0. The highest BCUT2D eigenvalue weighted by atomic mass is 15.0. The van der Waals surface area contributed by atoms with E-state index in [9.17, 15) is 5.26 Å². The SMILES string of the molecule is [C-]#[N+]c1ccc2c3ccccc3n(-c3ccc(C#N)c(-c4ccc(-n5c6ccccc6c6ccc(-n7c8ccccc8c8ccccc87)cc65)cc4)c3)c2c1. The zero-order chi connectivity index (χ0) is 36.6. The number of nitrogens with zero attached hydrogens (tertiary/aromatic N) is 5. The average molecular weight is 700 g/mol. The molecule has 3 heterocycles. The lowest BCUT2D eigenvalue weighted by atomic mass is 9.99. The topological polar surface area (TPSA) is 42.9 Å². The van der Waals surface area contributed by atoms with E-state index >= 15 is 0 Å². The highest BCUT2D eigenvalue weighted by molar-refractivity contribution is 6.12. The number of nitriles is 1. The summed E-state index contributed by atoms with van der Waals surface area (Å²) >= 11 is 0. The van der Waals surface area contributed by atoms with Crippen LogP contribution in [0.2, 0.25) is 0 Å². The zero-order valence-corrected chi connectivity index (χ0v) is 29.5. The third-order valence-electron chi connectivity index (χ3n) is 11.1. The van der Waals surface area contributed by atoms with Gasteiger partial charge in [0, 0.05) is 60.5 Å². The maximum Gasteiger partial charge on any atom is 0.189 e. The molecule has 0 bridgehead atoms. The number of aromatic nitrogens is 3. The van der Waals surface area contributed by atoms with Crippen molar-refractivity contribution in [2.24, 2.45) is 0 Å². The summed E-state index contributed by atoms with van der Waals surface area (Å²) in [5.41, 5.74) is 12.7. The molecule has 55 heavy (non-hydrogen) atoms. The van der Waals surface area contributed by atoms with Crippen LogP contribution < -0.4 is 0 Å². The van der Waals surface area contributed by atoms with Crippen molar-refractivity contribution in [3.63, 3.8) is 0 Å². The fraction of sp³-hybridized carbons (Fsp3) is 0. The molecule has 0 unspecified atom stereocenters.